The van der Waals surface area contributed by atoms with Gasteiger partial charge in [-0.2, -0.15) is 0 Å². The molecule has 1 aliphatic rings. The Balaban J connectivity index is 1.47. The molecule has 0 aliphatic heterocycles. The highest BCUT2D eigenvalue weighted by Crippen LogP contribution is 2.26. The molecule has 1 atom stereocenters. The minimum Gasteiger partial charge on any atom is -0.476 e. The maximum atomic E-state index is 13.1. The van der Waals surface area contributed by atoms with Crippen LogP contribution in [0.25, 0.3) is 21.9 Å². The van der Waals surface area contributed by atoms with E-state index in [9.17, 15) is 18.0 Å². The maximum Gasteiger partial charge on any atom is 0.264 e. The van der Waals surface area contributed by atoms with Gasteiger partial charge in [-0.25, -0.2) is 18.9 Å². The molecule has 3 aromatic rings. The van der Waals surface area contributed by atoms with Gasteiger partial charge in [-0.1, -0.05) is 6.07 Å². The zero-order chi connectivity index (χ0) is 26.8. The molecule has 2 aromatic heterocycles. The number of pyridine rings is 2. The van der Waals surface area contributed by atoms with Gasteiger partial charge in [-0.15, -0.1) is 0 Å². The summed E-state index contributed by atoms with van der Waals surface area (Å²) in [5.74, 6) is -0.475. The molecule has 11 heteroatoms. The summed E-state index contributed by atoms with van der Waals surface area (Å²) in [5.41, 5.74) is 2.89. The van der Waals surface area contributed by atoms with Crippen LogP contribution in [0.4, 0.5) is 0 Å². The number of benzene rings is 1. The quantitative estimate of drug-likeness (QED) is 0.286. The molecule has 0 bridgehead atoms. The zero-order valence-corrected chi connectivity index (χ0v) is 22.0. The van der Waals surface area contributed by atoms with E-state index in [4.69, 9.17) is 9.94 Å². The van der Waals surface area contributed by atoms with Crippen molar-refractivity contribution >= 4 is 26.5 Å². The molecule has 198 valence electrons. The molecule has 0 radical (unpaired) electrons. The van der Waals surface area contributed by atoms with Crippen molar-refractivity contribution in [3.63, 3.8) is 0 Å². The zero-order valence-electron chi connectivity index (χ0n) is 21.2. The van der Waals surface area contributed by atoms with Gasteiger partial charge in [0.1, 0.15) is 6.61 Å². The minimum absolute atomic E-state index is 0.0185. The van der Waals surface area contributed by atoms with Crippen LogP contribution < -0.4 is 15.8 Å². The number of hydrogen-bond acceptors (Lipinski definition) is 8. The lowest BCUT2D eigenvalue weighted by Gasteiger charge is -2.25. The highest BCUT2D eigenvalue weighted by atomic mass is 32.2. The summed E-state index contributed by atoms with van der Waals surface area (Å²) in [7, 11) is -1.75. The number of carbonyl (C=O) groups is 1. The fourth-order valence-electron chi connectivity index (χ4n) is 4.19. The second-order valence-corrected chi connectivity index (χ2v) is 12.2. The molecule has 0 spiro atoms. The first-order valence-electron chi connectivity index (χ1n) is 12.1. The van der Waals surface area contributed by atoms with E-state index in [-0.39, 0.29) is 18.5 Å². The molecule has 4 rings (SSSR count). The Labute approximate surface area is 215 Å². The van der Waals surface area contributed by atoms with Gasteiger partial charge in [-0.3, -0.25) is 14.8 Å². The van der Waals surface area contributed by atoms with Crippen LogP contribution >= 0.6 is 0 Å². The van der Waals surface area contributed by atoms with E-state index in [1.807, 2.05) is 24.3 Å². The Bertz CT molecular complexity index is 1450. The third kappa shape index (κ3) is 5.84. The first-order valence-corrected chi connectivity index (χ1v) is 14.0. The van der Waals surface area contributed by atoms with Crippen LogP contribution in [0, 0.1) is 0 Å². The van der Waals surface area contributed by atoms with Crippen molar-refractivity contribution in [3.05, 3.63) is 59.1 Å². The van der Waals surface area contributed by atoms with Crippen molar-refractivity contribution in [2.75, 3.05) is 26.5 Å². The summed E-state index contributed by atoms with van der Waals surface area (Å²) >= 11 is 0. The van der Waals surface area contributed by atoms with E-state index < -0.39 is 20.5 Å². The van der Waals surface area contributed by atoms with Crippen LogP contribution in [-0.2, 0) is 21.2 Å². The first kappa shape index (κ1) is 26.8. The van der Waals surface area contributed by atoms with Crippen LogP contribution in [0.5, 0.6) is 5.88 Å². The summed E-state index contributed by atoms with van der Waals surface area (Å²) < 4.78 is 29.6. The number of fused-ring (bicyclic) bond motifs is 1. The highest BCUT2D eigenvalue weighted by Gasteiger charge is 2.43. The molecule has 10 nitrogen and oxygen atoms in total. The standard InChI is InChI=1S/C26H32N4O6S/c1-26(25(32)28-33,37(3,34)35)11-13-30-12-10-19-16-18(4-8-22(19)24(30)31)20-5-9-23(27-17-20)36-15-14-29(2)21-6-7-21/h4-5,8-10,12,16-17,21,33H,6-7,11,13-15H2,1-3H3,(H,28,32)/t26-/m0/s1. The number of hydroxylamine groups is 1. The van der Waals surface area contributed by atoms with Gasteiger partial charge in [-0.05, 0) is 68.4 Å². The molecule has 1 fully saturated rings. The molecule has 1 saturated carbocycles. The van der Waals surface area contributed by atoms with Crippen molar-refractivity contribution in [1.82, 2.24) is 19.9 Å². The van der Waals surface area contributed by atoms with Crippen molar-refractivity contribution in [2.45, 2.75) is 43.5 Å². The van der Waals surface area contributed by atoms with E-state index in [1.165, 1.54) is 29.8 Å². The summed E-state index contributed by atoms with van der Waals surface area (Å²) in [5, 5.41) is 10.2. The fraction of sp³-hybridized carbons (Fsp3) is 0.423. The SMILES string of the molecule is CN(CCOc1ccc(-c2ccc3c(=O)n(CC[C@@](C)(C(=O)NO)S(C)(=O)=O)ccc3c2)cn1)C1CC1. The van der Waals surface area contributed by atoms with Crippen molar-refractivity contribution in [1.29, 1.82) is 0 Å². The second-order valence-electron chi connectivity index (χ2n) is 9.76. The third-order valence-electron chi connectivity index (χ3n) is 7.14. The average Bonchev–Trinajstić information content (AvgIpc) is 3.73. The predicted molar refractivity (Wildman–Crippen MR) is 140 cm³/mol. The van der Waals surface area contributed by atoms with Crippen LogP contribution in [-0.4, -0.2) is 71.2 Å². The molecule has 37 heavy (non-hydrogen) atoms. The molecular weight excluding hydrogens is 496 g/mol. The number of hydrogen-bond donors (Lipinski definition) is 2. The van der Waals surface area contributed by atoms with Crippen LogP contribution in [0.1, 0.15) is 26.2 Å². The summed E-state index contributed by atoms with van der Waals surface area (Å²) in [6.07, 6.45) is 6.57. The molecule has 1 aliphatic carbocycles. The van der Waals surface area contributed by atoms with E-state index in [0.29, 0.717) is 23.9 Å². The lowest BCUT2D eigenvalue weighted by atomic mass is 10.0. The lowest BCUT2D eigenvalue weighted by Crippen LogP contribution is -2.49. The van der Waals surface area contributed by atoms with Crippen LogP contribution in [0.15, 0.2) is 53.6 Å². The van der Waals surface area contributed by atoms with Crippen molar-refractivity contribution in [2.24, 2.45) is 0 Å². The number of aromatic nitrogens is 2. The smallest absolute Gasteiger partial charge is 0.264 e. The van der Waals surface area contributed by atoms with Gasteiger partial charge in [0.2, 0.25) is 5.88 Å². The van der Waals surface area contributed by atoms with Crippen molar-refractivity contribution in [3.8, 4) is 17.0 Å². The number of nitrogens with one attached hydrogen (secondary N) is 1. The van der Waals surface area contributed by atoms with Gasteiger partial charge in [0.25, 0.3) is 11.5 Å². The Morgan fingerprint density at radius 2 is 1.97 bits per heavy atom. The van der Waals surface area contributed by atoms with E-state index in [0.717, 1.165) is 29.3 Å². The molecular formula is C26H32N4O6S. The fourth-order valence-corrected chi connectivity index (χ4v) is 5.04. The van der Waals surface area contributed by atoms with Crippen molar-refractivity contribution < 1.29 is 23.2 Å². The molecule has 0 saturated heterocycles. The maximum absolute atomic E-state index is 13.1. The lowest BCUT2D eigenvalue weighted by molar-refractivity contribution is -0.131. The topological polar surface area (TPSA) is 131 Å². The summed E-state index contributed by atoms with van der Waals surface area (Å²) in [4.78, 5) is 31.8. The largest absolute Gasteiger partial charge is 0.476 e. The van der Waals surface area contributed by atoms with E-state index >= 15 is 0 Å². The van der Waals surface area contributed by atoms with E-state index in [1.54, 1.807) is 24.5 Å². The van der Waals surface area contributed by atoms with Gasteiger partial charge in [0.05, 0.1) is 0 Å². The Kier molecular flexibility index (Phi) is 7.67. The number of likely N-dealkylation sites (N-methyl/N-ethyl adjacent to an activating group) is 1. The average molecular weight is 529 g/mol. The van der Waals surface area contributed by atoms with Gasteiger partial charge in [0, 0.05) is 54.8 Å². The van der Waals surface area contributed by atoms with Crippen LogP contribution in [0.2, 0.25) is 0 Å². The van der Waals surface area contributed by atoms with Gasteiger partial charge in [0.15, 0.2) is 14.6 Å². The highest BCUT2D eigenvalue weighted by molar-refractivity contribution is 7.92. The number of ether oxygens (including phenoxy) is 1. The van der Waals surface area contributed by atoms with Crippen LogP contribution in [0.3, 0.4) is 0 Å². The number of sulfone groups is 1. The molecule has 2 heterocycles. The first-order chi connectivity index (χ1) is 17.5. The predicted octanol–water partition coefficient (Wildman–Crippen LogP) is 2.24. The number of aryl methyl sites for hydroxylation is 1. The second kappa shape index (κ2) is 10.6. The normalized spacial score (nSPS) is 15.5. The Morgan fingerprint density at radius 3 is 2.59 bits per heavy atom. The Hall–Kier alpha value is -3.28. The summed E-state index contributed by atoms with van der Waals surface area (Å²) in [6.45, 7) is 2.65. The Morgan fingerprint density at radius 1 is 1.24 bits per heavy atom. The summed E-state index contributed by atoms with van der Waals surface area (Å²) in [6, 6.07) is 11.7. The molecule has 2 N–H and O–H groups in total. The van der Waals surface area contributed by atoms with Gasteiger partial charge >= 0.3 is 0 Å². The molecule has 0 unspecified atom stereocenters. The van der Waals surface area contributed by atoms with E-state index in [2.05, 4.69) is 16.9 Å². The number of nitrogens with zero attached hydrogens (tertiary/aromatic N) is 3. The molecule has 1 aromatic carbocycles. The molecule has 1 amide bonds. The number of amides is 1. The monoisotopic (exact) mass is 528 g/mol. The van der Waals surface area contributed by atoms with Gasteiger partial charge < -0.3 is 14.2 Å². The third-order valence-corrected chi connectivity index (χ3v) is 9.17. The number of rotatable bonds is 11. The minimum atomic E-state index is -3.86. The number of carbonyl (C=O) groups excluding carboxylic acids is 1.